The quantitative estimate of drug-likeness (QED) is 0.843. The van der Waals surface area contributed by atoms with E-state index in [1.165, 1.54) is 5.56 Å². The fourth-order valence-corrected chi connectivity index (χ4v) is 2.35. The maximum atomic E-state index is 4.52. The second kappa shape index (κ2) is 7.55. The van der Waals surface area contributed by atoms with E-state index < -0.39 is 0 Å². The molecule has 0 radical (unpaired) electrons. The Labute approximate surface area is 128 Å². The van der Waals surface area contributed by atoms with Crippen LogP contribution in [-0.2, 0) is 13.0 Å². The van der Waals surface area contributed by atoms with Crippen LogP contribution in [-0.4, -0.2) is 21.3 Å². The zero-order chi connectivity index (χ0) is 14.4. The van der Waals surface area contributed by atoms with Crippen molar-refractivity contribution in [3.63, 3.8) is 0 Å². The summed E-state index contributed by atoms with van der Waals surface area (Å²) in [5, 5.41) is 7.90. The third-order valence-electron chi connectivity index (χ3n) is 3.20. The van der Waals surface area contributed by atoms with E-state index in [0.29, 0.717) is 0 Å². The summed E-state index contributed by atoms with van der Waals surface area (Å²) in [6.07, 6.45) is 7.93. The van der Waals surface area contributed by atoms with E-state index in [1.807, 2.05) is 23.1 Å². The van der Waals surface area contributed by atoms with Gasteiger partial charge in [-0.1, -0.05) is 6.92 Å². The molecule has 0 amide bonds. The van der Waals surface area contributed by atoms with E-state index in [1.54, 1.807) is 0 Å². The normalized spacial score (nSPS) is 12.6. The smallest absolute Gasteiger partial charge is 0.0577 e. The fourth-order valence-electron chi connectivity index (χ4n) is 2.11. The Morgan fingerprint density at radius 3 is 2.75 bits per heavy atom. The van der Waals surface area contributed by atoms with Crippen LogP contribution in [0.5, 0.6) is 0 Å². The Kier molecular flexibility index (Phi) is 5.73. The molecule has 4 nitrogen and oxygen atoms in total. The molecule has 108 valence electrons. The van der Waals surface area contributed by atoms with Crippen molar-refractivity contribution in [3.05, 3.63) is 46.5 Å². The summed E-state index contributed by atoms with van der Waals surface area (Å²) >= 11 is 3.43. The molecule has 0 bridgehead atoms. The lowest BCUT2D eigenvalue weighted by Crippen LogP contribution is -2.24. The fraction of sp³-hybridized carbons (Fsp3) is 0.467. The lowest BCUT2D eigenvalue weighted by molar-refractivity contribution is 0.517. The van der Waals surface area contributed by atoms with Gasteiger partial charge in [0.2, 0.25) is 0 Å². The van der Waals surface area contributed by atoms with Crippen LogP contribution in [0.2, 0.25) is 0 Å². The van der Waals surface area contributed by atoms with Gasteiger partial charge >= 0.3 is 0 Å². The number of pyridine rings is 1. The molecule has 0 fully saturated rings. The van der Waals surface area contributed by atoms with Crippen molar-refractivity contribution in [1.82, 2.24) is 20.1 Å². The molecule has 0 spiro atoms. The van der Waals surface area contributed by atoms with Crippen LogP contribution in [0.3, 0.4) is 0 Å². The van der Waals surface area contributed by atoms with Crippen molar-refractivity contribution in [1.29, 1.82) is 0 Å². The maximum Gasteiger partial charge on any atom is 0.0577 e. The van der Waals surface area contributed by atoms with Gasteiger partial charge in [0.05, 0.1) is 17.9 Å². The monoisotopic (exact) mass is 336 g/mol. The molecule has 0 aliphatic rings. The van der Waals surface area contributed by atoms with Crippen LogP contribution in [0.15, 0.2) is 35.2 Å². The summed E-state index contributed by atoms with van der Waals surface area (Å²) in [6, 6.07) is 4.35. The van der Waals surface area contributed by atoms with Crippen molar-refractivity contribution in [2.45, 2.75) is 39.3 Å². The topological polar surface area (TPSA) is 42.7 Å². The Bertz CT molecular complexity index is 521. The Hall–Kier alpha value is -1.20. The van der Waals surface area contributed by atoms with Crippen LogP contribution >= 0.6 is 15.9 Å². The number of rotatable bonds is 7. The standard InChI is InChI=1S/C15H21BrN4/c1-3-7-17-15(14-6-5-13(16)10-18-14)8-12-9-19-20(4-2)11-12/h5-6,9-11,15,17H,3-4,7-8H2,1-2H3. The second-order valence-electron chi connectivity index (χ2n) is 4.82. The van der Waals surface area contributed by atoms with E-state index >= 15 is 0 Å². The number of aryl methyl sites for hydroxylation is 1. The zero-order valence-electron chi connectivity index (χ0n) is 12.0. The molecule has 2 aromatic heterocycles. The average Bonchev–Trinajstić information content (AvgIpc) is 2.92. The van der Waals surface area contributed by atoms with Crippen molar-refractivity contribution < 1.29 is 0 Å². The van der Waals surface area contributed by atoms with E-state index in [2.05, 4.69) is 57.4 Å². The molecule has 5 heteroatoms. The molecule has 0 saturated carbocycles. The van der Waals surface area contributed by atoms with Gasteiger partial charge < -0.3 is 5.32 Å². The van der Waals surface area contributed by atoms with Crippen molar-refractivity contribution in [2.24, 2.45) is 0 Å². The summed E-state index contributed by atoms with van der Waals surface area (Å²) in [6.45, 7) is 6.17. The summed E-state index contributed by atoms with van der Waals surface area (Å²) in [5.74, 6) is 0. The second-order valence-corrected chi connectivity index (χ2v) is 5.73. The van der Waals surface area contributed by atoms with Gasteiger partial charge in [0.15, 0.2) is 0 Å². The highest BCUT2D eigenvalue weighted by Crippen LogP contribution is 2.18. The predicted octanol–water partition coefficient (Wildman–Crippen LogP) is 3.34. The highest BCUT2D eigenvalue weighted by Gasteiger charge is 2.14. The number of hydrogen-bond donors (Lipinski definition) is 1. The summed E-state index contributed by atoms with van der Waals surface area (Å²) < 4.78 is 2.97. The Balaban J connectivity index is 2.12. The molecule has 20 heavy (non-hydrogen) atoms. The predicted molar refractivity (Wildman–Crippen MR) is 84.6 cm³/mol. The van der Waals surface area contributed by atoms with Crippen LogP contribution in [0.4, 0.5) is 0 Å². The average molecular weight is 337 g/mol. The largest absolute Gasteiger partial charge is 0.308 e. The number of nitrogens with one attached hydrogen (secondary N) is 1. The Morgan fingerprint density at radius 1 is 1.30 bits per heavy atom. The van der Waals surface area contributed by atoms with Gasteiger partial charge in [0.1, 0.15) is 0 Å². The van der Waals surface area contributed by atoms with Crippen molar-refractivity contribution in [3.8, 4) is 0 Å². The first-order chi connectivity index (χ1) is 9.72. The molecular weight excluding hydrogens is 316 g/mol. The minimum Gasteiger partial charge on any atom is -0.308 e. The molecular formula is C15H21BrN4. The van der Waals surface area contributed by atoms with E-state index in [9.17, 15) is 0 Å². The maximum absolute atomic E-state index is 4.52. The lowest BCUT2D eigenvalue weighted by Gasteiger charge is -2.17. The van der Waals surface area contributed by atoms with Gasteiger partial charge in [0, 0.05) is 23.4 Å². The number of halogens is 1. The van der Waals surface area contributed by atoms with E-state index in [-0.39, 0.29) is 6.04 Å². The first kappa shape index (κ1) is 15.2. The molecule has 0 aliphatic carbocycles. The first-order valence-electron chi connectivity index (χ1n) is 7.09. The highest BCUT2D eigenvalue weighted by atomic mass is 79.9. The third-order valence-corrected chi connectivity index (χ3v) is 3.67. The number of hydrogen-bond acceptors (Lipinski definition) is 3. The third kappa shape index (κ3) is 4.15. The van der Waals surface area contributed by atoms with E-state index in [4.69, 9.17) is 0 Å². The van der Waals surface area contributed by atoms with Gasteiger partial charge in [-0.15, -0.1) is 0 Å². The molecule has 2 rings (SSSR count). The Morgan fingerprint density at radius 2 is 2.15 bits per heavy atom. The summed E-state index contributed by atoms with van der Waals surface area (Å²) in [4.78, 5) is 4.52. The summed E-state index contributed by atoms with van der Waals surface area (Å²) in [7, 11) is 0. The molecule has 0 aromatic carbocycles. The molecule has 1 atom stereocenters. The van der Waals surface area contributed by atoms with Crippen LogP contribution in [0.1, 0.15) is 37.6 Å². The molecule has 2 aromatic rings. The van der Waals surface area contributed by atoms with Crippen molar-refractivity contribution >= 4 is 15.9 Å². The van der Waals surface area contributed by atoms with Gasteiger partial charge in [-0.2, -0.15) is 5.10 Å². The zero-order valence-corrected chi connectivity index (χ0v) is 13.6. The summed E-state index contributed by atoms with van der Waals surface area (Å²) in [5.41, 5.74) is 2.32. The number of nitrogens with zero attached hydrogens (tertiary/aromatic N) is 3. The van der Waals surface area contributed by atoms with Gasteiger partial charge in [0.25, 0.3) is 0 Å². The van der Waals surface area contributed by atoms with Crippen LogP contribution < -0.4 is 5.32 Å². The van der Waals surface area contributed by atoms with E-state index in [0.717, 1.165) is 36.1 Å². The SMILES string of the molecule is CCCNC(Cc1cnn(CC)c1)c1ccc(Br)cn1. The number of aromatic nitrogens is 3. The van der Waals surface area contributed by atoms with Gasteiger partial charge in [-0.05, 0) is 59.9 Å². The molecule has 0 saturated heterocycles. The van der Waals surface area contributed by atoms with Crippen LogP contribution in [0, 0.1) is 0 Å². The molecule has 1 N–H and O–H groups in total. The lowest BCUT2D eigenvalue weighted by atomic mass is 10.1. The minimum absolute atomic E-state index is 0.234. The molecule has 2 heterocycles. The molecule has 1 unspecified atom stereocenters. The van der Waals surface area contributed by atoms with Gasteiger partial charge in [-0.3, -0.25) is 9.67 Å². The minimum atomic E-state index is 0.234. The highest BCUT2D eigenvalue weighted by molar-refractivity contribution is 9.10. The van der Waals surface area contributed by atoms with Gasteiger partial charge in [-0.25, -0.2) is 0 Å². The van der Waals surface area contributed by atoms with Crippen LogP contribution in [0.25, 0.3) is 0 Å². The van der Waals surface area contributed by atoms with Crippen molar-refractivity contribution in [2.75, 3.05) is 6.54 Å². The molecule has 0 aliphatic heterocycles. The first-order valence-corrected chi connectivity index (χ1v) is 7.88.